The molecule has 1 aliphatic carbocycles. The maximum atomic E-state index is 4.35. The van der Waals surface area contributed by atoms with E-state index in [0.29, 0.717) is 6.04 Å². The van der Waals surface area contributed by atoms with Gasteiger partial charge >= 0.3 is 0 Å². The molecule has 1 heteroatoms. The van der Waals surface area contributed by atoms with Gasteiger partial charge in [0.1, 0.15) is 0 Å². The average molecular weight is 336 g/mol. The summed E-state index contributed by atoms with van der Waals surface area (Å²) in [6, 6.07) is 0.560. The quantitative estimate of drug-likeness (QED) is 0.413. The van der Waals surface area contributed by atoms with Crippen molar-refractivity contribution >= 4 is 0 Å². The van der Waals surface area contributed by atoms with Gasteiger partial charge in [-0.05, 0) is 63.5 Å². The fourth-order valence-electron chi connectivity index (χ4n) is 4.80. The lowest BCUT2D eigenvalue weighted by Crippen LogP contribution is -2.38. The van der Waals surface area contributed by atoms with Crippen LogP contribution in [0.15, 0.2) is 12.2 Å². The Labute approximate surface area is 153 Å². The van der Waals surface area contributed by atoms with E-state index in [1.165, 1.54) is 69.9 Å². The molecule has 1 nitrogen and oxygen atoms in total. The molecule has 0 N–H and O–H groups in total. The predicted molar refractivity (Wildman–Crippen MR) is 109 cm³/mol. The molecule has 1 rings (SSSR count). The fourth-order valence-corrected chi connectivity index (χ4v) is 4.80. The highest BCUT2D eigenvalue weighted by atomic mass is 15.1. The van der Waals surface area contributed by atoms with Crippen LogP contribution >= 0.6 is 0 Å². The van der Waals surface area contributed by atoms with Gasteiger partial charge in [-0.1, -0.05) is 78.4 Å². The zero-order valence-corrected chi connectivity index (χ0v) is 17.6. The summed E-state index contributed by atoms with van der Waals surface area (Å²) in [5, 5.41) is 0. The molecule has 1 saturated carbocycles. The molecular weight excluding hydrogens is 290 g/mol. The molecule has 24 heavy (non-hydrogen) atoms. The lowest BCUT2D eigenvalue weighted by molar-refractivity contribution is 0.135. The van der Waals surface area contributed by atoms with Crippen molar-refractivity contribution in [3.63, 3.8) is 0 Å². The van der Waals surface area contributed by atoms with Crippen molar-refractivity contribution in [3.05, 3.63) is 12.2 Å². The van der Waals surface area contributed by atoms with E-state index < -0.39 is 0 Å². The van der Waals surface area contributed by atoms with E-state index >= 15 is 0 Å². The normalized spacial score (nSPS) is 25.3. The molecule has 0 spiro atoms. The maximum Gasteiger partial charge on any atom is 0.0302 e. The molecule has 0 aliphatic heterocycles. The van der Waals surface area contributed by atoms with Gasteiger partial charge in [-0.3, -0.25) is 4.90 Å². The van der Waals surface area contributed by atoms with Crippen LogP contribution in [0.4, 0.5) is 0 Å². The maximum absolute atomic E-state index is 4.35. The van der Waals surface area contributed by atoms with Gasteiger partial charge in [0.15, 0.2) is 0 Å². The first-order valence-electron chi connectivity index (χ1n) is 10.7. The zero-order chi connectivity index (χ0) is 18.1. The minimum Gasteiger partial charge on any atom is -0.300 e. The van der Waals surface area contributed by atoms with Gasteiger partial charge in [-0.15, -0.1) is 0 Å². The number of hydrogen-bond donors (Lipinski definition) is 0. The lowest BCUT2D eigenvalue weighted by atomic mass is 9.71. The fraction of sp³-hybridized carbons (Fsp3) is 0.913. The Hall–Kier alpha value is -0.300. The van der Waals surface area contributed by atoms with Gasteiger partial charge < -0.3 is 0 Å². The van der Waals surface area contributed by atoms with Gasteiger partial charge in [0.2, 0.25) is 0 Å². The second kappa shape index (κ2) is 11.3. The number of nitrogens with zero attached hydrogens (tertiary/aromatic N) is 1. The van der Waals surface area contributed by atoms with Crippen LogP contribution in [0.1, 0.15) is 92.4 Å². The van der Waals surface area contributed by atoms with Crippen molar-refractivity contribution in [1.82, 2.24) is 4.90 Å². The summed E-state index contributed by atoms with van der Waals surface area (Å²) in [6.45, 7) is 17.5. The Morgan fingerprint density at radius 1 is 1.17 bits per heavy atom. The Bertz CT molecular complexity index is 346. The van der Waals surface area contributed by atoms with Crippen LogP contribution in [0.5, 0.6) is 0 Å². The van der Waals surface area contributed by atoms with E-state index in [9.17, 15) is 0 Å². The van der Waals surface area contributed by atoms with E-state index in [1.807, 2.05) is 0 Å². The van der Waals surface area contributed by atoms with E-state index in [2.05, 4.69) is 53.1 Å². The summed E-state index contributed by atoms with van der Waals surface area (Å²) in [6.07, 6.45) is 12.6. The van der Waals surface area contributed by atoms with Crippen LogP contribution < -0.4 is 0 Å². The van der Waals surface area contributed by atoms with E-state index in [4.69, 9.17) is 0 Å². The van der Waals surface area contributed by atoms with Gasteiger partial charge in [0, 0.05) is 6.04 Å². The number of hydrogen-bond acceptors (Lipinski definition) is 1. The highest BCUT2D eigenvalue weighted by molar-refractivity contribution is 5.03. The Morgan fingerprint density at radius 2 is 1.83 bits per heavy atom. The van der Waals surface area contributed by atoms with Crippen molar-refractivity contribution in [2.24, 2.45) is 23.7 Å². The van der Waals surface area contributed by atoms with Gasteiger partial charge in [-0.25, -0.2) is 0 Å². The smallest absolute Gasteiger partial charge is 0.0302 e. The highest BCUT2D eigenvalue weighted by Gasteiger charge is 2.30. The summed E-state index contributed by atoms with van der Waals surface area (Å²) < 4.78 is 0. The van der Waals surface area contributed by atoms with Crippen molar-refractivity contribution in [2.45, 2.75) is 98.4 Å². The average Bonchev–Trinajstić information content (AvgIpc) is 2.49. The molecule has 4 atom stereocenters. The molecular formula is C23H45N. The molecule has 0 aromatic carbocycles. The van der Waals surface area contributed by atoms with Crippen LogP contribution in [0.25, 0.3) is 0 Å². The molecule has 1 fully saturated rings. The standard InChI is InChI=1S/C23H45N/c1-8-9-15-24(7)23(19(4)5)17-22(18(2)3)21-14-12-10-11-13-20(6)16-21/h18,20-23H,4,8-17H2,1-3,5-7H3. The van der Waals surface area contributed by atoms with Crippen LogP contribution in [-0.2, 0) is 0 Å². The summed E-state index contributed by atoms with van der Waals surface area (Å²) >= 11 is 0. The largest absolute Gasteiger partial charge is 0.300 e. The van der Waals surface area contributed by atoms with Crippen molar-refractivity contribution in [3.8, 4) is 0 Å². The van der Waals surface area contributed by atoms with Crippen LogP contribution in [0.2, 0.25) is 0 Å². The molecule has 142 valence electrons. The Kier molecular flexibility index (Phi) is 10.3. The first-order valence-corrected chi connectivity index (χ1v) is 10.7. The number of unbranched alkanes of at least 4 members (excludes halogenated alkanes) is 1. The van der Waals surface area contributed by atoms with Crippen LogP contribution in [-0.4, -0.2) is 24.5 Å². The number of rotatable bonds is 9. The highest BCUT2D eigenvalue weighted by Crippen LogP contribution is 2.38. The number of likely N-dealkylation sites (N-methyl/N-ethyl adjacent to an activating group) is 1. The zero-order valence-electron chi connectivity index (χ0n) is 17.6. The predicted octanol–water partition coefficient (Wildman–Crippen LogP) is 6.93. The molecule has 4 unspecified atom stereocenters. The first kappa shape index (κ1) is 21.7. The minimum atomic E-state index is 0.560. The second-order valence-electron chi connectivity index (χ2n) is 9.08. The van der Waals surface area contributed by atoms with Crippen molar-refractivity contribution in [1.29, 1.82) is 0 Å². The molecule has 0 radical (unpaired) electrons. The van der Waals surface area contributed by atoms with E-state index in [1.54, 1.807) is 0 Å². The molecule has 0 aromatic rings. The summed E-state index contributed by atoms with van der Waals surface area (Å²) in [4.78, 5) is 2.58. The van der Waals surface area contributed by atoms with Gasteiger partial charge in [0.25, 0.3) is 0 Å². The second-order valence-corrected chi connectivity index (χ2v) is 9.08. The SMILES string of the molecule is C=C(C)C(CC(C(C)C)C1CCCCCC(C)C1)N(C)CCCC. The van der Waals surface area contributed by atoms with Crippen LogP contribution in [0.3, 0.4) is 0 Å². The first-order chi connectivity index (χ1) is 11.4. The molecule has 1 aliphatic rings. The Morgan fingerprint density at radius 3 is 2.42 bits per heavy atom. The van der Waals surface area contributed by atoms with E-state index in [0.717, 1.165) is 23.7 Å². The summed E-state index contributed by atoms with van der Waals surface area (Å²) in [5.41, 5.74) is 1.36. The third kappa shape index (κ3) is 7.30. The topological polar surface area (TPSA) is 3.24 Å². The summed E-state index contributed by atoms with van der Waals surface area (Å²) in [7, 11) is 2.31. The molecule has 0 heterocycles. The Balaban J connectivity index is 2.81. The molecule has 0 bridgehead atoms. The van der Waals surface area contributed by atoms with E-state index in [-0.39, 0.29) is 0 Å². The van der Waals surface area contributed by atoms with Gasteiger partial charge in [-0.2, -0.15) is 0 Å². The van der Waals surface area contributed by atoms with Crippen molar-refractivity contribution < 1.29 is 0 Å². The lowest BCUT2D eigenvalue weighted by Gasteiger charge is -2.38. The minimum absolute atomic E-state index is 0.560. The molecule has 0 amide bonds. The van der Waals surface area contributed by atoms with Crippen LogP contribution in [0, 0.1) is 23.7 Å². The third-order valence-corrected chi connectivity index (χ3v) is 6.40. The monoisotopic (exact) mass is 335 g/mol. The molecule has 0 aromatic heterocycles. The summed E-state index contributed by atoms with van der Waals surface area (Å²) in [5.74, 6) is 3.46. The molecule has 0 saturated heterocycles. The third-order valence-electron chi connectivity index (χ3n) is 6.40. The van der Waals surface area contributed by atoms with Gasteiger partial charge in [0.05, 0.1) is 0 Å². The van der Waals surface area contributed by atoms with Crippen molar-refractivity contribution in [2.75, 3.05) is 13.6 Å².